The summed E-state index contributed by atoms with van der Waals surface area (Å²) in [7, 11) is 0. The van der Waals surface area contributed by atoms with E-state index in [1.807, 2.05) is 6.08 Å². The Labute approximate surface area is 133 Å². The van der Waals surface area contributed by atoms with E-state index in [-0.39, 0.29) is 23.7 Å². The van der Waals surface area contributed by atoms with Crippen molar-refractivity contribution in [1.29, 1.82) is 0 Å². The summed E-state index contributed by atoms with van der Waals surface area (Å²) in [5.41, 5.74) is 0.852. The molecule has 114 valence electrons. The predicted octanol–water partition coefficient (Wildman–Crippen LogP) is 2.32. The van der Waals surface area contributed by atoms with Gasteiger partial charge in [-0.2, -0.15) is 0 Å². The molecular formula is C13H15Cl2N3O3. The number of amides is 1. The summed E-state index contributed by atoms with van der Waals surface area (Å²) < 4.78 is 0. The Morgan fingerprint density at radius 3 is 2.86 bits per heavy atom. The third-order valence-corrected chi connectivity index (χ3v) is 3.27. The van der Waals surface area contributed by atoms with Crippen LogP contribution in [0.4, 0.5) is 5.69 Å². The standard InChI is InChI=1S/C13H14ClN3O3.ClH/c14-10-1-2-12(17(19)20)11(7-10)13(18)16-8-9-3-5-15-6-4-9;/h1-3,7,15H,4-6,8H2,(H,16,18);1H. The van der Waals surface area contributed by atoms with Crippen LogP contribution in [0.25, 0.3) is 0 Å². The number of halogens is 2. The second-order valence-electron chi connectivity index (χ2n) is 4.42. The summed E-state index contributed by atoms with van der Waals surface area (Å²) in [5.74, 6) is -0.487. The lowest BCUT2D eigenvalue weighted by molar-refractivity contribution is -0.385. The largest absolute Gasteiger partial charge is 0.348 e. The third-order valence-electron chi connectivity index (χ3n) is 3.03. The summed E-state index contributed by atoms with van der Waals surface area (Å²) in [6.45, 7) is 2.05. The van der Waals surface area contributed by atoms with Gasteiger partial charge in [0.15, 0.2) is 0 Å². The number of hydrogen-bond acceptors (Lipinski definition) is 4. The molecule has 1 heterocycles. The van der Waals surface area contributed by atoms with Crippen LogP contribution in [0.5, 0.6) is 0 Å². The van der Waals surface area contributed by atoms with Gasteiger partial charge in [-0.3, -0.25) is 14.9 Å². The van der Waals surface area contributed by atoms with E-state index in [1.165, 1.54) is 18.2 Å². The van der Waals surface area contributed by atoms with Gasteiger partial charge in [0.1, 0.15) is 5.56 Å². The second kappa shape index (κ2) is 7.97. The minimum atomic E-state index is -0.588. The number of nitrogens with zero attached hydrogens (tertiary/aromatic N) is 1. The van der Waals surface area contributed by atoms with Gasteiger partial charge in [-0.25, -0.2) is 0 Å². The molecule has 21 heavy (non-hydrogen) atoms. The topological polar surface area (TPSA) is 84.3 Å². The number of nitrogens with one attached hydrogen (secondary N) is 2. The maximum absolute atomic E-state index is 12.0. The van der Waals surface area contributed by atoms with Crippen molar-refractivity contribution in [2.45, 2.75) is 6.42 Å². The molecule has 0 bridgehead atoms. The van der Waals surface area contributed by atoms with Crippen LogP contribution >= 0.6 is 24.0 Å². The molecule has 0 unspecified atom stereocenters. The lowest BCUT2D eigenvalue weighted by Crippen LogP contribution is -2.30. The van der Waals surface area contributed by atoms with Crippen molar-refractivity contribution in [3.8, 4) is 0 Å². The maximum Gasteiger partial charge on any atom is 0.282 e. The molecule has 0 atom stereocenters. The van der Waals surface area contributed by atoms with Gasteiger partial charge in [-0.15, -0.1) is 12.4 Å². The zero-order chi connectivity index (χ0) is 14.5. The number of nitro groups is 1. The highest BCUT2D eigenvalue weighted by Gasteiger charge is 2.20. The van der Waals surface area contributed by atoms with Gasteiger partial charge < -0.3 is 10.6 Å². The molecule has 2 rings (SSSR count). The van der Waals surface area contributed by atoms with E-state index in [1.54, 1.807) is 0 Å². The number of rotatable bonds is 4. The van der Waals surface area contributed by atoms with Gasteiger partial charge in [0.2, 0.25) is 0 Å². The van der Waals surface area contributed by atoms with Crippen molar-refractivity contribution in [1.82, 2.24) is 10.6 Å². The number of hydrogen-bond donors (Lipinski definition) is 2. The Balaban J connectivity index is 0.00000220. The lowest BCUT2D eigenvalue weighted by Gasteiger charge is -2.14. The fraction of sp³-hybridized carbons (Fsp3) is 0.308. The van der Waals surface area contributed by atoms with Gasteiger partial charge >= 0.3 is 0 Å². The molecule has 0 spiro atoms. The monoisotopic (exact) mass is 331 g/mol. The van der Waals surface area contributed by atoms with Gasteiger partial charge in [0, 0.05) is 24.2 Å². The average molecular weight is 332 g/mol. The predicted molar refractivity (Wildman–Crippen MR) is 83.3 cm³/mol. The van der Waals surface area contributed by atoms with Gasteiger partial charge in [-0.05, 0) is 25.1 Å². The molecule has 1 amide bonds. The molecular weight excluding hydrogens is 317 g/mol. The molecule has 0 aliphatic carbocycles. The maximum atomic E-state index is 12.0. The highest BCUT2D eigenvalue weighted by Crippen LogP contribution is 2.22. The summed E-state index contributed by atoms with van der Waals surface area (Å²) in [4.78, 5) is 22.4. The summed E-state index contributed by atoms with van der Waals surface area (Å²) >= 11 is 5.79. The van der Waals surface area contributed by atoms with E-state index < -0.39 is 10.8 Å². The first-order valence-electron chi connectivity index (χ1n) is 6.18. The van der Waals surface area contributed by atoms with Gasteiger partial charge in [0.05, 0.1) is 4.92 Å². The summed E-state index contributed by atoms with van der Waals surface area (Å²) in [5, 5.41) is 17.1. The minimum Gasteiger partial charge on any atom is -0.348 e. The van der Waals surface area contributed by atoms with Crippen molar-refractivity contribution < 1.29 is 9.72 Å². The van der Waals surface area contributed by atoms with Crippen molar-refractivity contribution in [3.05, 3.63) is 50.5 Å². The quantitative estimate of drug-likeness (QED) is 0.503. The molecule has 1 aliphatic rings. The third kappa shape index (κ3) is 4.70. The molecule has 1 aromatic carbocycles. The van der Waals surface area contributed by atoms with Crippen molar-refractivity contribution >= 4 is 35.6 Å². The number of nitro benzene ring substituents is 1. The Kier molecular flexibility index (Phi) is 6.61. The second-order valence-corrected chi connectivity index (χ2v) is 4.85. The van der Waals surface area contributed by atoms with Gasteiger partial charge in [-0.1, -0.05) is 23.3 Å². The van der Waals surface area contributed by atoms with E-state index in [0.717, 1.165) is 25.1 Å². The SMILES string of the molecule is Cl.O=C(NCC1=CCNCC1)c1cc(Cl)ccc1[N+](=O)[O-]. The van der Waals surface area contributed by atoms with Crippen LogP contribution in [-0.2, 0) is 0 Å². The molecule has 8 heteroatoms. The number of carbonyl (C=O) groups excluding carboxylic acids is 1. The molecule has 0 saturated heterocycles. The molecule has 0 aromatic heterocycles. The smallest absolute Gasteiger partial charge is 0.282 e. The fourth-order valence-corrected chi connectivity index (χ4v) is 2.14. The van der Waals surface area contributed by atoms with Crippen LogP contribution < -0.4 is 10.6 Å². The first-order valence-corrected chi connectivity index (χ1v) is 6.56. The molecule has 0 fully saturated rings. The highest BCUT2D eigenvalue weighted by molar-refractivity contribution is 6.31. The average Bonchev–Trinajstić information content (AvgIpc) is 2.45. The molecule has 0 radical (unpaired) electrons. The van der Waals surface area contributed by atoms with Crippen molar-refractivity contribution in [2.24, 2.45) is 0 Å². The molecule has 1 aliphatic heterocycles. The van der Waals surface area contributed by atoms with Crippen LogP contribution in [0.1, 0.15) is 16.8 Å². The lowest BCUT2D eigenvalue weighted by atomic mass is 10.1. The molecule has 6 nitrogen and oxygen atoms in total. The van der Waals surface area contributed by atoms with Crippen LogP contribution in [-0.4, -0.2) is 30.5 Å². The molecule has 1 aromatic rings. The zero-order valence-corrected chi connectivity index (χ0v) is 12.7. The summed E-state index contributed by atoms with van der Waals surface area (Å²) in [6.07, 6.45) is 2.87. The van der Waals surface area contributed by atoms with E-state index in [0.29, 0.717) is 11.6 Å². The van der Waals surface area contributed by atoms with E-state index in [2.05, 4.69) is 10.6 Å². The van der Waals surface area contributed by atoms with E-state index in [9.17, 15) is 14.9 Å². The zero-order valence-electron chi connectivity index (χ0n) is 11.1. The molecule has 0 saturated carbocycles. The van der Waals surface area contributed by atoms with Crippen LogP contribution in [0.2, 0.25) is 5.02 Å². The van der Waals surface area contributed by atoms with Crippen LogP contribution in [0.3, 0.4) is 0 Å². The first kappa shape index (κ1) is 17.4. The Hall–Kier alpha value is -1.63. The van der Waals surface area contributed by atoms with E-state index >= 15 is 0 Å². The number of carbonyl (C=O) groups is 1. The fourth-order valence-electron chi connectivity index (χ4n) is 1.97. The van der Waals surface area contributed by atoms with Crippen LogP contribution in [0, 0.1) is 10.1 Å². The Morgan fingerprint density at radius 2 is 2.24 bits per heavy atom. The Bertz CT molecular complexity index is 576. The number of benzene rings is 1. The van der Waals surface area contributed by atoms with Crippen LogP contribution in [0.15, 0.2) is 29.8 Å². The van der Waals surface area contributed by atoms with Crippen molar-refractivity contribution in [3.63, 3.8) is 0 Å². The first-order chi connectivity index (χ1) is 9.58. The summed E-state index contributed by atoms with van der Waals surface area (Å²) in [6, 6.07) is 3.94. The van der Waals surface area contributed by atoms with Crippen molar-refractivity contribution in [2.75, 3.05) is 19.6 Å². The van der Waals surface area contributed by atoms with E-state index in [4.69, 9.17) is 11.6 Å². The normalized spacial score (nSPS) is 13.9. The highest BCUT2D eigenvalue weighted by atomic mass is 35.5. The molecule has 2 N–H and O–H groups in total. The minimum absolute atomic E-state index is 0. The van der Waals surface area contributed by atoms with Gasteiger partial charge in [0.25, 0.3) is 11.6 Å². The Morgan fingerprint density at radius 1 is 1.48 bits per heavy atom.